The molecule has 7 nitrogen and oxygen atoms in total. The quantitative estimate of drug-likeness (QED) is 0.516. The van der Waals surface area contributed by atoms with Crippen LogP contribution in [0.25, 0.3) is 22.4 Å². The second kappa shape index (κ2) is 6.21. The van der Waals surface area contributed by atoms with Crippen LogP contribution < -0.4 is 4.84 Å². The Kier molecular flexibility index (Phi) is 3.91. The highest BCUT2D eigenvalue weighted by Crippen LogP contribution is 2.20. The topological polar surface area (TPSA) is 78.9 Å². The molecule has 0 bridgehead atoms. The minimum absolute atomic E-state index is 0.0615. The van der Waals surface area contributed by atoms with Gasteiger partial charge in [0.25, 0.3) is 5.89 Å². The van der Waals surface area contributed by atoms with Crippen molar-refractivity contribution in [3.63, 3.8) is 0 Å². The van der Waals surface area contributed by atoms with Crippen molar-refractivity contribution in [2.75, 3.05) is 0 Å². The van der Waals surface area contributed by atoms with Crippen molar-refractivity contribution in [2.45, 2.75) is 6.61 Å². The molecule has 24 heavy (non-hydrogen) atoms. The van der Waals surface area contributed by atoms with Crippen molar-refractivity contribution < 1.29 is 9.36 Å². The smallest absolute Gasteiger partial charge is 0.267 e. The van der Waals surface area contributed by atoms with Crippen molar-refractivity contribution in [2.24, 2.45) is 0 Å². The maximum atomic E-state index is 5.98. The van der Waals surface area contributed by atoms with Gasteiger partial charge in [-0.3, -0.25) is 0 Å². The zero-order chi connectivity index (χ0) is 16.5. The summed E-state index contributed by atoms with van der Waals surface area (Å²) in [5, 5.41) is 12.4. The first-order valence-corrected chi connectivity index (χ1v) is 8.09. The van der Waals surface area contributed by atoms with Crippen LogP contribution in [0, 0.1) is 0 Å². The van der Waals surface area contributed by atoms with Crippen molar-refractivity contribution in [3.05, 3.63) is 57.9 Å². The van der Waals surface area contributed by atoms with E-state index >= 15 is 0 Å². The first-order valence-electron chi connectivity index (χ1n) is 6.92. The molecule has 2 heterocycles. The Morgan fingerprint density at radius 3 is 3.00 bits per heavy atom. The molecule has 0 N–H and O–H groups in total. The van der Waals surface area contributed by atoms with Gasteiger partial charge in [0.15, 0.2) is 6.61 Å². The van der Waals surface area contributed by atoms with Crippen LogP contribution in [0.5, 0.6) is 0 Å². The molecule has 2 aromatic heterocycles. The Labute approximate surface area is 149 Å². The van der Waals surface area contributed by atoms with Crippen molar-refractivity contribution in [1.82, 2.24) is 25.3 Å². The predicted molar refractivity (Wildman–Crippen MR) is 90.3 cm³/mol. The zero-order valence-corrected chi connectivity index (χ0v) is 14.4. The van der Waals surface area contributed by atoms with E-state index in [9.17, 15) is 0 Å². The van der Waals surface area contributed by atoms with Gasteiger partial charge in [0.2, 0.25) is 5.82 Å². The Bertz CT molecular complexity index is 1020. The first kappa shape index (κ1) is 15.1. The van der Waals surface area contributed by atoms with E-state index in [-0.39, 0.29) is 6.61 Å². The lowest BCUT2D eigenvalue weighted by atomic mass is 10.2. The number of nitrogens with zero attached hydrogens (tertiary/aromatic N) is 5. The van der Waals surface area contributed by atoms with Gasteiger partial charge >= 0.3 is 0 Å². The largest absolute Gasteiger partial charge is 0.385 e. The van der Waals surface area contributed by atoms with Crippen LogP contribution in [-0.4, -0.2) is 25.3 Å². The van der Waals surface area contributed by atoms with E-state index in [2.05, 4.69) is 36.4 Å². The summed E-state index contributed by atoms with van der Waals surface area (Å²) in [6, 6.07) is 12.9. The number of hydrogen-bond donors (Lipinski definition) is 0. The lowest BCUT2D eigenvalue weighted by Crippen LogP contribution is -2.13. The number of halogens is 2. The molecule has 0 saturated carbocycles. The summed E-state index contributed by atoms with van der Waals surface area (Å²) in [6.07, 6.45) is 0. The van der Waals surface area contributed by atoms with E-state index in [0.29, 0.717) is 27.8 Å². The maximum absolute atomic E-state index is 5.98. The maximum Gasteiger partial charge on any atom is 0.267 e. The SMILES string of the molecule is Clc1ccc2nnn(OCc3nc(-c4cccc(Br)c4)no3)c2c1. The molecule has 0 fully saturated rings. The number of fused-ring (bicyclic) bond motifs is 1. The normalized spacial score (nSPS) is 11.1. The Balaban J connectivity index is 1.53. The lowest BCUT2D eigenvalue weighted by Gasteiger charge is -2.01. The molecule has 0 aliphatic rings. The fourth-order valence-corrected chi connectivity index (χ4v) is 2.71. The second-order valence-corrected chi connectivity index (χ2v) is 6.24. The summed E-state index contributed by atoms with van der Waals surface area (Å²) >= 11 is 9.39. The van der Waals surface area contributed by atoms with Gasteiger partial charge in [-0.25, -0.2) is 0 Å². The first-order chi connectivity index (χ1) is 11.7. The molecule has 0 atom stereocenters. The summed E-state index contributed by atoms with van der Waals surface area (Å²) in [5.74, 6) is 0.817. The predicted octanol–water partition coefficient (Wildman–Crippen LogP) is 3.53. The van der Waals surface area contributed by atoms with Crippen LogP contribution in [0.4, 0.5) is 0 Å². The lowest BCUT2D eigenvalue weighted by molar-refractivity contribution is 0.0583. The molecular weight excluding hydrogens is 398 g/mol. The number of benzene rings is 2. The van der Waals surface area contributed by atoms with E-state index in [1.54, 1.807) is 18.2 Å². The van der Waals surface area contributed by atoms with E-state index in [1.807, 2.05) is 24.3 Å². The van der Waals surface area contributed by atoms with E-state index < -0.39 is 0 Å². The van der Waals surface area contributed by atoms with Crippen LogP contribution in [0.1, 0.15) is 5.89 Å². The van der Waals surface area contributed by atoms with Gasteiger partial charge in [0.1, 0.15) is 11.0 Å². The van der Waals surface area contributed by atoms with E-state index in [1.165, 1.54) is 4.85 Å². The van der Waals surface area contributed by atoms with E-state index in [4.69, 9.17) is 21.0 Å². The highest BCUT2D eigenvalue weighted by molar-refractivity contribution is 9.10. The Hall–Kier alpha value is -2.45. The van der Waals surface area contributed by atoms with Crippen LogP contribution in [0.15, 0.2) is 51.5 Å². The standard InChI is InChI=1S/C15H9BrClN5O2/c16-10-3-1-2-9(6-10)15-18-14(24-20-15)8-23-22-13-7-11(17)4-5-12(13)19-21-22/h1-7H,8H2. The fraction of sp³-hybridized carbons (Fsp3) is 0.0667. The highest BCUT2D eigenvalue weighted by atomic mass is 79.9. The molecule has 0 saturated heterocycles. The molecule has 2 aromatic carbocycles. The van der Waals surface area contributed by atoms with Crippen molar-refractivity contribution in [3.8, 4) is 11.4 Å². The average Bonchev–Trinajstić information content (AvgIpc) is 3.19. The monoisotopic (exact) mass is 405 g/mol. The second-order valence-electron chi connectivity index (χ2n) is 4.89. The Morgan fingerprint density at radius 1 is 1.21 bits per heavy atom. The third kappa shape index (κ3) is 2.98. The third-order valence-corrected chi connectivity index (χ3v) is 3.97. The minimum Gasteiger partial charge on any atom is -0.385 e. The highest BCUT2D eigenvalue weighted by Gasteiger charge is 2.11. The minimum atomic E-state index is 0.0615. The van der Waals surface area contributed by atoms with Gasteiger partial charge in [0.05, 0.1) is 0 Å². The number of aromatic nitrogens is 5. The van der Waals surface area contributed by atoms with Crippen LogP contribution in [0.3, 0.4) is 0 Å². The molecule has 0 unspecified atom stereocenters. The molecular formula is C15H9BrClN5O2. The molecule has 4 rings (SSSR count). The molecule has 0 spiro atoms. The van der Waals surface area contributed by atoms with Crippen LogP contribution >= 0.6 is 27.5 Å². The van der Waals surface area contributed by atoms with Gasteiger partial charge in [-0.2, -0.15) is 4.98 Å². The van der Waals surface area contributed by atoms with Crippen molar-refractivity contribution >= 4 is 38.6 Å². The molecule has 0 aliphatic heterocycles. The fourth-order valence-electron chi connectivity index (χ4n) is 2.14. The molecule has 0 amide bonds. The Morgan fingerprint density at radius 2 is 2.12 bits per heavy atom. The van der Waals surface area contributed by atoms with Crippen LogP contribution in [0.2, 0.25) is 5.02 Å². The number of hydrogen-bond acceptors (Lipinski definition) is 6. The molecule has 0 aliphatic carbocycles. The summed E-state index contributed by atoms with van der Waals surface area (Å²) in [4.78, 5) is 11.1. The van der Waals surface area contributed by atoms with Gasteiger partial charge in [-0.1, -0.05) is 49.7 Å². The van der Waals surface area contributed by atoms with Gasteiger partial charge in [0, 0.05) is 15.1 Å². The van der Waals surface area contributed by atoms with E-state index in [0.717, 1.165) is 10.0 Å². The summed E-state index contributed by atoms with van der Waals surface area (Å²) in [5.41, 5.74) is 2.19. The average molecular weight is 407 g/mol. The van der Waals surface area contributed by atoms with Gasteiger partial charge in [-0.05, 0) is 35.5 Å². The summed E-state index contributed by atoms with van der Waals surface area (Å²) < 4.78 is 6.14. The summed E-state index contributed by atoms with van der Waals surface area (Å²) in [6.45, 7) is 0.0615. The molecule has 0 radical (unpaired) electrons. The van der Waals surface area contributed by atoms with Crippen LogP contribution in [-0.2, 0) is 6.61 Å². The van der Waals surface area contributed by atoms with Gasteiger partial charge < -0.3 is 9.36 Å². The number of rotatable bonds is 4. The summed E-state index contributed by atoms with van der Waals surface area (Å²) in [7, 11) is 0. The van der Waals surface area contributed by atoms with Crippen molar-refractivity contribution in [1.29, 1.82) is 0 Å². The molecule has 120 valence electrons. The van der Waals surface area contributed by atoms with Gasteiger partial charge in [-0.15, -0.1) is 5.10 Å². The molecule has 4 aromatic rings. The molecule has 9 heteroatoms. The third-order valence-electron chi connectivity index (χ3n) is 3.24. The zero-order valence-electron chi connectivity index (χ0n) is 12.1.